The van der Waals surface area contributed by atoms with Crippen LogP contribution in [0.3, 0.4) is 0 Å². The number of hydrogen-bond donors (Lipinski definition) is 2. The van der Waals surface area contributed by atoms with Crippen molar-refractivity contribution in [3.63, 3.8) is 0 Å². The highest BCUT2D eigenvalue weighted by Crippen LogP contribution is 2.51. The van der Waals surface area contributed by atoms with Crippen LogP contribution in [0.2, 0.25) is 0 Å². The van der Waals surface area contributed by atoms with Crippen molar-refractivity contribution >= 4 is 5.91 Å². The lowest BCUT2D eigenvalue weighted by molar-refractivity contribution is -0.126. The number of ether oxygens (including phenoxy) is 1. The molecule has 0 radical (unpaired) electrons. The second-order valence-corrected chi connectivity index (χ2v) is 5.66. The summed E-state index contributed by atoms with van der Waals surface area (Å²) in [4.78, 5) is 11.9. The van der Waals surface area contributed by atoms with E-state index in [-0.39, 0.29) is 5.91 Å². The van der Waals surface area contributed by atoms with E-state index >= 15 is 0 Å². The van der Waals surface area contributed by atoms with Gasteiger partial charge in [0.25, 0.3) is 0 Å². The maximum absolute atomic E-state index is 11.9. The van der Waals surface area contributed by atoms with E-state index in [1.807, 2.05) is 0 Å². The number of nitrogens with two attached hydrogens (primary N) is 1. The van der Waals surface area contributed by atoms with Crippen molar-refractivity contribution in [2.75, 3.05) is 19.8 Å². The van der Waals surface area contributed by atoms with Crippen LogP contribution in [-0.2, 0) is 9.53 Å². The van der Waals surface area contributed by atoms with Gasteiger partial charge in [-0.2, -0.15) is 0 Å². The highest BCUT2D eigenvalue weighted by Gasteiger charge is 2.46. The summed E-state index contributed by atoms with van der Waals surface area (Å²) < 4.78 is 5.19. The molecule has 2 rings (SSSR count). The van der Waals surface area contributed by atoms with E-state index in [9.17, 15) is 4.79 Å². The lowest BCUT2D eigenvalue weighted by atomic mass is 9.91. The van der Waals surface area contributed by atoms with E-state index in [1.54, 1.807) is 0 Å². The molecule has 4 heteroatoms. The molecular weight excluding hydrogens is 204 g/mol. The Morgan fingerprint density at radius 2 is 2.12 bits per heavy atom. The first-order chi connectivity index (χ1) is 7.49. The Morgan fingerprint density at radius 3 is 2.56 bits per heavy atom. The SMILES string of the molecule is CC(C)C1(CNC(=O)C2(N)CCOC2)CC1. The van der Waals surface area contributed by atoms with Gasteiger partial charge in [-0.25, -0.2) is 0 Å². The molecule has 1 atom stereocenters. The number of hydrogen-bond acceptors (Lipinski definition) is 3. The molecule has 0 aromatic heterocycles. The summed E-state index contributed by atoms with van der Waals surface area (Å²) >= 11 is 0. The van der Waals surface area contributed by atoms with Gasteiger partial charge < -0.3 is 15.8 Å². The number of rotatable bonds is 4. The fourth-order valence-corrected chi connectivity index (χ4v) is 2.31. The summed E-state index contributed by atoms with van der Waals surface area (Å²) in [6, 6.07) is 0. The van der Waals surface area contributed by atoms with Gasteiger partial charge in [0.1, 0.15) is 5.54 Å². The van der Waals surface area contributed by atoms with Crippen molar-refractivity contribution < 1.29 is 9.53 Å². The third-order valence-corrected chi connectivity index (χ3v) is 4.22. The second kappa shape index (κ2) is 4.00. The lowest BCUT2D eigenvalue weighted by Crippen LogP contribution is -2.55. The van der Waals surface area contributed by atoms with Crippen LogP contribution in [0.5, 0.6) is 0 Å². The lowest BCUT2D eigenvalue weighted by Gasteiger charge is -2.25. The Kier molecular flexibility index (Phi) is 2.97. The van der Waals surface area contributed by atoms with Crippen molar-refractivity contribution in [3.05, 3.63) is 0 Å². The predicted octanol–water partition coefficient (Wildman–Crippen LogP) is 0.657. The first-order valence-electron chi connectivity index (χ1n) is 6.13. The monoisotopic (exact) mass is 226 g/mol. The minimum Gasteiger partial charge on any atom is -0.379 e. The molecular formula is C12H22N2O2. The van der Waals surface area contributed by atoms with Gasteiger partial charge in [-0.05, 0) is 30.6 Å². The normalized spacial score (nSPS) is 31.8. The van der Waals surface area contributed by atoms with Crippen LogP contribution in [-0.4, -0.2) is 31.2 Å². The summed E-state index contributed by atoms with van der Waals surface area (Å²) in [5, 5.41) is 3.01. The topological polar surface area (TPSA) is 64.4 Å². The molecule has 1 aliphatic heterocycles. The number of carbonyl (C=O) groups is 1. The molecule has 2 aliphatic rings. The highest BCUT2D eigenvalue weighted by molar-refractivity contribution is 5.86. The third kappa shape index (κ3) is 2.09. The fraction of sp³-hybridized carbons (Fsp3) is 0.917. The molecule has 1 aliphatic carbocycles. The average Bonchev–Trinajstić information content (AvgIpc) is 2.92. The number of nitrogens with one attached hydrogen (secondary N) is 1. The summed E-state index contributed by atoms with van der Waals surface area (Å²) in [6.45, 7) is 6.15. The Labute approximate surface area is 96.9 Å². The average molecular weight is 226 g/mol. The van der Waals surface area contributed by atoms with Gasteiger partial charge in [0.05, 0.1) is 6.61 Å². The molecule has 16 heavy (non-hydrogen) atoms. The maximum Gasteiger partial charge on any atom is 0.242 e. The van der Waals surface area contributed by atoms with Crippen LogP contribution >= 0.6 is 0 Å². The summed E-state index contributed by atoms with van der Waals surface area (Å²) in [5.74, 6) is 0.582. The summed E-state index contributed by atoms with van der Waals surface area (Å²) in [7, 11) is 0. The molecule has 1 saturated carbocycles. The highest BCUT2D eigenvalue weighted by atomic mass is 16.5. The molecule has 0 bridgehead atoms. The summed E-state index contributed by atoms with van der Waals surface area (Å²) in [5.41, 5.74) is 5.55. The first kappa shape index (κ1) is 11.9. The van der Waals surface area contributed by atoms with Crippen LogP contribution in [0, 0.1) is 11.3 Å². The minimum absolute atomic E-state index is 0.0445. The molecule has 1 amide bonds. The van der Waals surface area contributed by atoms with Gasteiger partial charge in [0.15, 0.2) is 0 Å². The van der Waals surface area contributed by atoms with Crippen LogP contribution in [0.15, 0.2) is 0 Å². The third-order valence-electron chi connectivity index (χ3n) is 4.22. The van der Waals surface area contributed by atoms with Crippen molar-refractivity contribution in [2.45, 2.75) is 38.6 Å². The second-order valence-electron chi connectivity index (χ2n) is 5.66. The van der Waals surface area contributed by atoms with Crippen LogP contribution in [0.1, 0.15) is 33.1 Å². The van der Waals surface area contributed by atoms with E-state index in [0.29, 0.717) is 31.0 Å². The molecule has 4 nitrogen and oxygen atoms in total. The van der Waals surface area contributed by atoms with Gasteiger partial charge in [0, 0.05) is 13.2 Å². The summed E-state index contributed by atoms with van der Waals surface area (Å²) in [6.07, 6.45) is 3.07. The zero-order valence-corrected chi connectivity index (χ0v) is 10.2. The van der Waals surface area contributed by atoms with Crippen molar-refractivity contribution in [3.8, 4) is 0 Å². The Balaban J connectivity index is 1.84. The molecule has 1 unspecified atom stereocenters. The van der Waals surface area contributed by atoms with E-state index in [4.69, 9.17) is 10.5 Å². The Morgan fingerprint density at radius 1 is 1.44 bits per heavy atom. The zero-order chi connectivity index (χ0) is 11.8. The van der Waals surface area contributed by atoms with Crippen molar-refractivity contribution in [1.29, 1.82) is 0 Å². The van der Waals surface area contributed by atoms with Crippen LogP contribution in [0.25, 0.3) is 0 Å². The molecule has 0 aromatic carbocycles. The molecule has 1 heterocycles. The zero-order valence-electron chi connectivity index (χ0n) is 10.2. The predicted molar refractivity (Wildman–Crippen MR) is 61.9 cm³/mol. The van der Waals surface area contributed by atoms with Crippen molar-refractivity contribution in [1.82, 2.24) is 5.32 Å². The van der Waals surface area contributed by atoms with Gasteiger partial charge in [-0.1, -0.05) is 13.8 Å². The van der Waals surface area contributed by atoms with Gasteiger partial charge in [-0.3, -0.25) is 4.79 Å². The van der Waals surface area contributed by atoms with E-state index in [0.717, 1.165) is 6.54 Å². The van der Waals surface area contributed by atoms with E-state index in [2.05, 4.69) is 19.2 Å². The van der Waals surface area contributed by atoms with E-state index < -0.39 is 5.54 Å². The Bertz CT molecular complexity index is 279. The van der Waals surface area contributed by atoms with Gasteiger partial charge in [-0.15, -0.1) is 0 Å². The standard InChI is InChI=1S/C12H22N2O2/c1-9(2)11(3-4-11)7-14-10(15)12(13)5-6-16-8-12/h9H,3-8,13H2,1-2H3,(H,14,15). The van der Waals surface area contributed by atoms with Crippen LogP contribution in [0.4, 0.5) is 0 Å². The van der Waals surface area contributed by atoms with Gasteiger partial charge in [0.2, 0.25) is 5.91 Å². The van der Waals surface area contributed by atoms with Crippen molar-refractivity contribution in [2.24, 2.45) is 17.1 Å². The molecule has 0 spiro atoms. The van der Waals surface area contributed by atoms with E-state index in [1.165, 1.54) is 12.8 Å². The van der Waals surface area contributed by atoms with Crippen LogP contribution < -0.4 is 11.1 Å². The quantitative estimate of drug-likeness (QED) is 0.740. The smallest absolute Gasteiger partial charge is 0.242 e. The fourth-order valence-electron chi connectivity index (χ4n) is 2.31. The largest absolute Gasteiger partial charge is 0.379 e. The molecule has 3 N–H and O–H groups in total. The molecule has 1 saturated heterocycles. The Hall–Kier alpha value is -0.610. The number of amides is 1. The first-order valence-corrected chi connectivity index (χ1v) is 6.13. The minimum atomic E-state index is -0.785. The maximum atomic E-state index is 11.9. The van der Waals surface area contributed by atoms with Gasteiger partial charge >= 0.3 is 0 Å². The molecule has 2 fully saturated rings. The number of carbonyl (C=O) groups excluding carboxylic acids is 1. The molecule has 0 aromatic rings. The molecule has 92 valence electrons.